The van der Waals surface area contributed by atoms with Gasteiger partial charge in [-0.1, -0.05) is 13.8 Å². The van der Waals surface area contributed by atoms with Crippen LogP contribution in [0, 0.1) is 34.5 Å². The van der Waals surface area contributed by atoms with Crippen molar-refractivity contribution in [2.75, 3.05) is 0 Å². The van der Waals surface area contributed by atoms with Gasteiger partial charge in [0.25, 0.3) is 0 Å². The molecule has 4 aliphatic rings. The van der Waals surface area contributed by atoms with E-state index in [2.05, 4.69) is 6.92 Å². The van der Waals surface area contributed by atoms with E-state index in [0.29, 0.717) is 37.4 Å². The number of rotatable bonds is 1. The van der Waals surface area contributed by atoms with Crippen LogP contribution in [0.1, 0.15) is 72.1 Å². The Balaban J connectivity index is 1.72. The number of Topliss-reactive ketones (excluding diaryl/α,β-unsaturated/α-hetero) is 3. The molecule has 0 aliphatic heterocycles. The summed E-state index contributed by atoms with van der Waals surface area (Å²) in [5.74, 6) is 1.22. The van der Waals surface area contributed by atoms with Gasteiger partial charge in [0.2, 0.25) is 0 Å². The third-order valence-electron chi connectivity index (χ3n) is 8.90. The smallest absolute Gasteiger partial charge is 0.161 e. The second-order valence-corrected chi connectivity index (χ2v) is 9.79. The zero-order chi connectivity index (χ0) is 18.2. The lowest BCUT2D eigenvalue weighted by molar-refractivity contribution is -0.176. The van der Waals surface area contributed by atoms with E-state index in [-0.39, 0.29) is 34.7 Å². The summed E-state index contributed by atoms with van der Waals surface area (Å²) in [4.78, 5) is 37.5. The molecule has 25 heavy (non-hydrogen) atoms. The minimum absolute atomic E-state index is 0.00623. The highest BCUT2D eigenvalue weighted by Crippen LogP contribution is 2.67. The van der Waals surface area contributed by atoms with Crippen LogP contribution in [0.15, 0.2) is 0 Å². The minimum Gasteiger partial charge on any atom is -0.381 e. The third kappa shape index (κ3) is 2.06. The van der Waals surface area contributed by atoms with Crippen molar-refractivity contribution in [3.05, 3.63) is 0 Å². The van der Waals surface area contributed by atoms with Crippen molar-refractivity contribution in [2.45, 2.75) is 77.7 Å². The van der Waals surface area contributed by atoms with Crippen molar-refractivity contribution in [2.24, 2.45) is 34.5 Å². The standard InChI is InChI=1S/C21H30O4/c1-12(22)21(25)9-7-16-15-5-4-13-10-14(23)6-8-19(13,2)18(15)17(24)11-20(16,21)3/h13,15-16,18,25H,4-11H2,1-3H3/t13-,15?,16?,18?,19?,20?,21-/m0/s1. The average Bonchev–Trinajstić information content (AvgIpc) is 2.80. The summed E-state index contributed by atoms with van der Waals surface area (Å²) in [5, 5.41) is 11.1. The molecule has 0 amide bonds. The lowest BCUT2D eigenvalue weighted by atomic mass is 9.44. The monoisotopic (exact) mass is 346 g/mol. The Kier molecular flexibility index (Phi) is 3.65. The maximum Gasteiger partial charge on any atom is 0.161 e. The summed E-state index contributed by atoms with van der Waals surface area (Å²) >= 11 is 0. The number of aliphatic hydroxyl groups is 1. The highest BCUT2D eigenvalue weighted by atomic mass is 16.3. The molecule has 7 atom stereocenters. The number of carbonyl (C=O) groups excluding carboxylic acids is 3. The molecule has 0 aromatic rings. The SMILES string of the molecule is CC(=O)[C@@]1(O)CCC2C3CC[C@H]4CC(=O)CCC4(C)C3C(=O)CC21C. The first kappa shape index (κ1) is 17.4. The Hall–Kier alpha value is -1.03. The van der Waals surface area contributed by atoms with Gasteiger partial charge in [0.1, 0.15) is 17.2 Å². The molecule has 0 saturated heterocycles. The molecule has 4 nitrogen and oxygen atoms in total. The van der Waals surface area contributed by atoms with Crippen LogP contribution >= 0.6 is 0 Å². The van der Waals surface area contributed by atoms with E-state index in [1.165, 1.54) is 6.92 Å². The largest absolute Gasteiger partial charge is 0.381 e. The molecular weight excluding hydrogens is 316 g/mol. The Labute approximate surface area is 149 Å². The first-order valence-electron chi connectivity index (χ1n) is 9.91. The normalized spacial score (nSPS) is 52.3. The summed E-state index contributed by atoms with van der Waals surface area (Å²) in [6.07, 6.45) is 5.64. The summed E-state index contributed by atoms with van der Waals surface area (Å²) in [5.41, 5.74) is -2.05. The van der Waals surface area contributed by atoms with E-state index in [9.17, 15) is 19.5 Å². The van der Waals surface area contributed by atoms with Gasteiger partial charge in [-0.05, 0) is 62.2 Å². The molecule has 4 rings (SSSR count). The molecule has 138 valence electrons. The molecule has 4 aliphatic carbocycles. The predicted molar refractivity (Wildman–Crippen MR) is 92.8 cm³/mol. The lowest BCUT2D eigenvalue weighted by Gasteiger charge is -2.59. The second-order valence-electron chi connectivity index (χ2n) is 9.79. The molecule has 0 bridgehead atoms. The topological polar surface area (TPSA) is 71.4 Å². The lowest BCUT2D eigenvalue weighted by Crippen LogP contribution is -2.61. The maximum absolute atomic E-state index is 13.3. The number of hydrogen-bond acceptors (Lipinski definition) is 4. The summed E-state index contributed by atoms with van der Waals surface area (Å²) < 4.78 is 0. The molecule has 0 radical (unpaired) electrons. The zero-order valence-corrected chi connectivity index (χ0v) is 15.6. The Bertz CT molecular complexity index is 654. The predicted octanol–water partition coefficient (Wildman–Crippen LogP) is 3.10. The molecule has 0 aromatic heterocycles. The molecule has 1 N–H and O–H groups in total. The number of hydrogen-bond donors (Lipinski definition) is 1. The average molecular weight is 346 g/mol. The van der Waals surface area contributed by atoms with Gasteiger partial charge in [0, 0.05) is 30.6 Å². The molecule has 0 heterocycles. The molecule has 5 unspecified atom stereocenters. The van der Waals surface area contributed by atoms with Crippen molar-refractivity contribution in [3.63, 3.8) is 0 Å². The fraction of sp³-hybridized carbons (Fsp3) is 0.857. The number of carbonyl (C=O) groups is 3. The number of fused-ring (bicyclic) bond motifs is 5. The summed E-state index contributed by atoms with van der Waals surface area (Å²) in [7, 11) is 0. The van der Waals surface area contributed by atoms with Crippen molar-refractivity contribution in [3.8, 4) is 0 Å². The summed E-state index contributed by atoms with van der Waals surface area (Å²) in [6, 6.07) is 0. The van der Waals surface area contributed by atoms with E-state index >= 15 is 0 Å². The van der Waals surface area contributed by atoms with Crippen molar-refractivity contribution in [1.82, 2.24) is 0 Å². The Morgan fingerprint density at radius 3 is 2.52 bits per heavy atom. The van der Waals surface area contributed by atoms with E-state index in [4.69, 9.17) is 0 Å². The fourth-order valence-corrected chi connectivity index (χ4v) is 7.44. The van der Waals surface area contributed by atoms with Gasteiger partial charge >= 0.3 is 0 Å². The van der Waals surface area contributed by atoms with Crippen LogP contribution in [0.5, 0.6) is 0 Å². The Morgan fingerprint density at radius 1 is 1.12 bits per heavy atom. The van der Waals surface area contributed by atoms with Crippen LogP contribution in [-0.4, -0.2) is 28.1 Å². The van der Waals surface area contributed by atoms with Gasteiger partial charge in [0.05, 0.1) is 0 Å². The van der Waals surface area contributed by atoms with Crippen LogP contribution < -0.4 is 0 Å². The van der Waals surface area contributed by atoms with E-state index in [1.54, 1.807) is 0 Å². The van der Waals surface area contributed by atoms with Gasteiger partial charge in [0.15, 0.2) is 5.78 Å². The highest BCUT2D eigenvalue weighted by Gasteiger charge is 2.68. The van der Waals surface area contributed by atoms with Gasteiger partial charge in [-0.2, -0.15) is 0 Å². The molecule has 0 aromatic carbocycles. The Morgan fingerprint density at radius 2 is 1.84 bits per heavy atom. The molecular formula is C21H30O4. The highest BCUT2D eigenvalue weighted by molar-refractivity contribution is 5.90. The van der Waals surface area contributed by atoms with Crippen LogP contribution in [-0.2, 0) is 14.4 Å². The van der Waals surface area contributed by atoms with Crippen molar-refractivity contribution >= 4 is 17.3 Å². The first-order chi connectivity index (χ1) is 11.6. The van der Waals surface area contributed by atoms with Crippen LogP contribution in [0.3, 0.4) is 0 Å². The second kappa shape index (κ2) is 5.25. The zero-order valence-electron chi connectivity index (χ0n) is 15.6. The quantitative estimate of drug-likeness (QED) is 0.792. The van der Waals surface area contributed by atoms with E-state index in [0.717, 1.165) is 25.7 Å². The van der Waals surface area contributed by atoms with E-state index < -0.39 is 11.0 Å². The molecule has 4 fully saturated rings. The van der Waals surface area contributed by atoms with Gasteiger partial charge in [-0.25, -0.2) is 0 Å². The molecule has 0 spiro atoms. The van der Waals surface area contributed by atoms with Crippen LogP contribution in [0.2, 0.25) is 0 Å². The van der Waals surface area contributed by atoms with Crippen LogP contribution in [0.25, 0.3) is 0 Å². The molecule has 4 saturated carbocycles. The van der Waals surface area contributed by atoms with Gasteiger partial charge < -0.3 is 5.11 Å². The summed E-state index contributed by atoms with van der Waals surface area (Å²) in [6.45, 7) is 5.67. The van der Waals surface area contributed by atoms with Gasteiger partial charge in [-0.15, -0.1) is 0 Å². The maximum atomic E-state index is 13.3. The fourth-order valence-electron chi connectivity index (χ4n) is 7.44. The van der Waals surface area contributed by atoms with E-state index in [1.807, 2.05) is 6.92 Å². The van der Waals surface area contributed by atoms with Gasteiger partial charge in [-0.3, -0.25) is 14.4 Å². The minimum atomic E-state index is -1.35. The third-order valence-corrected chi connectivity index (χ3v) is 8.90. The molecule has 4 heteroatoms. The number of ketones is 3. The van der Waals surface area contributed by atoms with Crippen molar-refractivity contribution in [1.29, 1.82) is 0 Å². The van der Waals surface area contributed by atoms with Crippen molar-refractivity contribution < 1.29 is 19.5 Å². The van der Waals surface area contributed by atoms with Crippen LogP contribution in [0.4, 0.5) is 0 Å². The first-order valence-corrected chi connectivity index (χ1v) is 9.91.